The minimum atomic E-state index is -4.67. The number of fused-ring (bicyclic) bond motifs is 2. The Morgan fingerprint density at radius 2 is 1.70 bits per heavy atom. The summed E-state index contributed by atoms with van der Waals surface area (Å²) in [6.07, 6.45) is -2.61. The van der Waals surface area contributed by atoms with Crippen LogP contribution in [0.1, 0.15) is 32.1 Å². The topological polar surface area (TPSA) is 57.6 Å². The highest BCUT2D eigenvalue weighted by molar-refractivity contribution is 5.85. The lowest BCUT2D eigenvalue weighted by molar-refractivity contribution is -0.185. The number of aliphatic carboxylic acids is 1. The summed E-state index contributed by atoms with van der Waals surface area (Å²) in [5, 5.41) is 8.74. The maximum absolute atomic E-state index is 13.2. The molecule has 20 heavy (non-hydrogen) atoms. The minimum absolute atomic E-state index is 0.0831. The Labute approximate surface area is 112 Å². The molecule has 2 fully saturated rings. The van der Waals surface area contributed by atoms with E-state index in [9.17, 15) is 27.2 Å². The first-order valence-corrected chi connectivity index (χ1v) is 6.44. The van der Waals surface area contributed by atoms with E-state index in [2.05, 4.69) is 0 Å². The smallest absolute Gasteiger partial charge is 0.383 e. The summed E-state index contributed by atoms with van der Waals surface area (Å²) in [5.74, 6) is -7.66. The van der Waals surface area contributed by atoms with E-state index in [1.807, 2.05) is 0 Å². The molecule has 0 aliphatic carbocycles. The molecular formula is C12H15F4NO3. The molecule has 2 rings (SSSR count). The number of piperidine rings is 1. The quantitative estimate of drug-likeness (QED) is 0.809. The Kier molecular flexibility index (Phi) is 3.93. The van der Waals surface area contributed by atoms with Gasteiger partial charge in [0.05, 0.1) is 0 Å². The molecule has 1 N–H and O–H groups in total. The van der Waals surface area contributed by atoms with Gasteiger partial charge in [-0.3, -0.25) is 9.59 Å². The van der Waals surface area contributed by atoms with Crippen LogP contribution in [0.3, 0.4) is 0 Å². The summed E-state index contributed by atoms with van der Waals surface area (Å²) in [6, 6.07) is -1.09. The lowest BCUT2D eigenvalue weighted by atomic mass is 9.88. The molecule has 0 saturated carbocycles. The van der Waals surface area contributed by atoms with Crippen LogP contribution in [0.5, 0.6) is 0 Å². The predicted octanol–water partition coefficient (Wildman–Crippen LogP) is 2.13. The first kappa shape index (κ1) is 15.1. The molecule has 8 heteroatoms. The van der Waals surface area contributed by atoms with Gasteiger partial charge in [0, 0.05) is 18.5 Å². The molecule has 1 amide bonds. The number of nitrogens with zero attached hydrogens (tertiary/aromatic N) is 1. The van der Waals surface area contributed by atoms with E-state index in [1.165, 1.54) is 0 Å². The zero-order valence-corrected chi connectivity index (χ0v) is 10.6. The highest BCUT2D eigenvalue weighted by Gasteiger charge is 2.56. The molecule has 2 aliphatic heterocycles. The Morgan fingerprint density at radius 1 is 1.20 bits per heavy atom. The van der Waals surface area contributed by atoms with Crippen LogP contribution in [0.25, 0.3) is 0 Å². The van der Waals surface area contributed by atoms with Gasteiger partial charge in [-0.15, -0.1) is 0 Å². The molecule has 2 aliphatic rings. The van der Waals surface area contributed by atoms with Crippen molar-refractivity contribution in [1.29, 1.82) is 0 Å². The fourth-order valence-electron chi connectivity index (χ4n) is 3.30. The van der Waals surface area contributed by atoms with Gasteiger partial charge >= 0.3 is 18.3 Å². The van der Waals surface area contributed by atoms with E-state index >= 15 is 0 Å². The van der Waals surface area contributed by atoms with Gasteiger partial charge in [0.2, 0.25) is 0 Å². The second kappa shape index (κ2) is 5.21. The van der Waals surface area contributed by atoms with Gasteiger partial charge in [-0.05, 0) is 31.6 Å². The van der Waals surface area contributed by atoms with Gasteiger partial charge in [-0.25, -0.2) is 8.78 Å². The molecule has 0 radical (unpaired) electrons. The monoisotopic (exact) mass is 297 g/mol. The van der Waals surface area contributed by atoms with Gasteiger partial charge in [0.15, 0.2) is 0 Å². The first-order chi connectivity index (χ1) is 9.23. The summed E-state index contributed by atoms with van der Waals surface area (Å²) in [5.41, 5.74) is 0. The lowest BCUT2D eigenvalue weighted by Crippen LogP contribution is -2.55. The summed E-state index contributed by atoms with van der Waals surface area (Å²) in [7, 11) is 0. The van der Waals surface area contributed by atoms with E-state index in [-0.39, 0.29) is 25.2 Å². The standard InChI is InChI=1S/C12H15F4NO3/c13-10(14)12(15,16)11(20)17-7-1-2-8(17)4-6(3-7)5-9(18)19/h6-8,10H,1-5H2,(H,18,19). The molecule has 2 saturated heterocycles. The van der Waals surface area contributed by atoms with Crippen LogP contribution in [-0.4, -0.2) is 46.3 Å². The number of amides is 1. The SMILES string of the molecule is O=C(O)CC1CC2CCC(C1)N2C(=O)C(F)(F)C(F)F. The van der Waals surface area contributed by atoms with Gasteiger partial charge in [0.25, 0.3) is 5.91 Å². The van der Waals surface area contributed by atoms with Crippen molar-refractivity contribution in [1.82, 2.24) is 4.90 Å². The van der Waals surface area contributed by atoms with Crippen LogP contribution < -0.4 is 0 Å². The van der Waals surface area contributed by atoms with Crippen molar-refractivity contribution < 1.29 is 32.3 Å². The fraction of sp³-hybridized carbons (Fsp3) is 0.833. The van der Waals surface area contributed by atoms with Crippen molar-refractivity contribution in [2.24, 2.45) is 5.92 Å². The molecule has 114 valence electrons. The number of carbonyl (C=O) groups is 2. The number of rotatable bonds is 4. The highest BCUT2D eigenvalue weighted by Crippen LogP contribution is 2.42. The predicted molar refractivity (Wildman–Crippen MR) is 59.6 cm³/mol. The molecule has 0 spiro atoms. The fourth-order valence-corrected chi connectivity index (χ4v) is 3.30. The van der Waals surface area contributed by atoms with Crippen LogP contribution in [0.2, 0.25) is 0 Å². The Morgan fingerprint density at radius 3 is 2.10 bits per heavy atom. The summed E-state index contributed by atoms with van der Waals surface area (Å²) < 4.78 is 50.9. The second-order valence-electron chi connectivity index (χ2n) is 5.46. The van der Waals surface area contributed by atoms with E-state index in [0.29, 0.717) is 12.8 Å². The van der Waals surface area contributed by atoms with Crippen molar-refractivity contribution in [3.63, 3.8) is 0 Å². The minimum Gasteiger partial charge on any atom is -0.481 e. The second-order valence-corrected chi connectivity index (χ2v) is 5.46. The van der Waals surface area contributed by atoms with Gasteiger partial charge in [-0.2, -0.15) is 8.78 Å². The van der Waals surface area contributed by atoms with Crippen molar-refractivity contribution in [2.45, 2.75) is 56.5 Å². The van der Waals surface area contributed by atoms with Crippen molar-refractivity contribution in [2.75, 3.05) is 0 Å². The average Bonchev–Trinajstić information content (AvgIpc) is 2.59. The third-order valence-corrected chi connectivity index (χ3v) is 4.09. The first-order valence-electron chi connectivity index (χ1n) is 6.44. The van der Waals surface area contributed by atoms with Crippen molar-refractivity contribution in [3.8, 4) is 0 Å². The number of hydrogen-bond donors (Lipinski definition) is 1. The van der Waals surface area contributed by atoms with Crippen molar-refractivity contribution in [3.05, 3.63) is 0 Å². The van der Waals surface area contributed by atoms with Crippen LogP contribution >= 0.6 is 0 Å². The summed E-state index contributed by atoms with van der Waals surface area (Å²) in [6.45, 7) is 0. The van der Waals surface area contributed by atoms with Crippen LogP contribution in [0, 0.1) is 5.92 Å². The molecule has 0 aromatic heterocycles. The molecular weight excluding hydrogens is 282 g/mol. The molecule has 2 atom stereocenters. The average molecular weight is 297 g/mol. The summed E-state index contributed by atoms with van der Waals surface area (Å²) in [4.78, 5) is 23.2. The zero-order valence-electron chi connectivity index (χ0n) is 10.6. The zero-order chi connectivity index (χ0) is 15.1. The van der Waals surface area contributed by atoms with Gasteiger partial charge in [0.1, 0.15) is 0 Å². The number of alkyl halides is 4. The lowest BCUT2D eigenvalue weighted by Gasteiger charge is -2.39. The molecule has 4 nitrogen and oxygen atoms in total. The van der Waals surface area contributed by atoms with E-state index in [4.69, 9.17) is 5.11 Å². The number of halogens is 4. The van der Waals surface area contributed by atoms with E-state index in [0.717, 1.165) is 4.90 Å². The molecule has 0 aromatic carbocycles. The summed E-state index contributed by atoms with van der Waals surface area (Å²) >= 11 is 0. The Bertz CT molecular complexity index is 402. The van der Waals surface area contributed by atoms with Crippen LogP contribution in [0.4, 0.5) is 17.6 Å². The third kappa shape index (κ3) is 2.60. The number of hydrogen-bond acceptors (Lipinski definition) is 2. The third-order valence-electron chi connectivity index (χ3n) is 4.09. The molecule has 2 bridgehead atoms. The van der Waals surface area contributed by atoms with Gasteiger partial charge in [-0.1, -0.05) is 0 Å². The van der Waals surface area contributed by atoms with Crippen molar-refractivity contribution >= 4 is 11.9 Å². The number of carbonyl (C=O) groups excluding carboxylic acids is 1. The molecule has 0 aromatic rings. The van der Waals surface area contributed by atoms with Crippen LogP contribution in [-0.2, 0) is 9.59 Å². The highest BCUT2D eigenvalue weighted by atomic mass is 19.3. The van der Waals surface area contributed by atoms with Crippen LogP contribution in [0.15, 0.2) is 0 Å². The largest absolute Gasteiger partial charge is 0.481 e. The number of carboxylic acid groups (broad SMARTS) is 1. The van der Waals surface area contributed by atoms with E-state index < -0.39 is 36.3 Å². The Hall–Kier alpha value is -1.34. The number of carboxylic acids is 1. The molecule has 2 heterocycles. The maximum Gasteiger partial charge on any atom is 0.383 e. The van der Waals surface area contributed by atoms with Gasteiger partial charge < -0.3 is 10.0 Å². The Balaban J connectivity index is 2.10. The maximum atomic E-state index is 13.2. The van der Waals surface area contributed by atoms with E-state index in [1.54, 1.807) is 0 Å². The normalized spacial score (nSPS) is 29.9. The molecule has 2 unspecified atom stereocenters.